The van der Waals surface area contributed by atoms with E-state index in [1.165, 1.54) is 0 Å². The Labute approximate surface area is 136 Å². The van der Waals surface area contributed by atoms with Crippen molar-refractivity contribution in [2.24, 2.45) is 11.7 Å². The van der Waals surface area contributed by atoms with Crippen molar-refractivity contribution in [2.75, 3.05) is 31.1 Å². The monoisotopic (exact) mass is 335 g/mol. The molecule has 0 fully saturated rings. The van der Waals surface area contributed by atoms with Crippen molar-refractivity contribution in [3.05, 3.63) is 0 Å². The lowest BCUT2D eigenvalue weighted by atomic mass is 10.0. The van der Waals surface area contributed by atoms with Gasteiger partial charge in [-0.15, -0.1) is 0 Å². The number of Topliss-reactive ketones (excluding diaryl/α,β-unsaturated/α-hetero) is 1. The van der Waals surface area contributed by atoms with Gasteiger partial charge < -0.3 is 16.4 Å². The van der Waals surface area contributed by atoms with Crippen LogP contribution in [-0.2, 0) is 9.59 Å². The van der Waals surface area contributed by atoms with Crippen molar-refractivity contribution in [3.63, 3.8) is 0 Å². The average molecular weight is 336 g/mol. The van der Waals surface area contributed by atoms with Crippen LogP contribution in [0.4, 0.5) is 0 Å². The highest BCUT2D eigenvalue weighted by Gasteiger charge is 2.09. The van der Waals surface area contributed by atoms with Gasteiger partial charge in [-0.25, -0.2) is 0 Å². The summed E-state index contributed by atoms with van der Waals surface area (Å²) in [5.41, 5.74) is 5.63. The van der Waals surface area contributed by atoms with Crippen LogP contribution in [0.15, 0.2) is 0 Å². The maximum Gasteiger partial charge on any atom is 0.220 e. The third-order valence-electron chi connectivity index (χ3n) is 2.66. The van der Waals surface area contributed by atoms with Crippen molar-refractivity contribution >= 4 is 33.3 Å². The molecule has 0 radical (unpaired) electrons. The quantitative estimate of drug-likeness (QED) is 0.349. The van der Waals surface area contributed by atoms with Crippen molar-refractivity contribution in [1.82, 2.24) is 10.6 Å². The average Bonchev–Trinajstić information content (AvgIpc) is 2.42. The Morgan fingerprint density at radius 2 is 1.67 bits per heavy atom. The zero-order valence-corrected chi connectivity index (χ0v) is 14.9. The number of rotatable bonds is 13. The Balaban J connectivity index is 3.31. The first-order valence-corrected chi connectivity index (χ1v) is 9.92. The van der Waals surface area contributed by atoms with Gasteiger partial charge in [-0.1, -0.05) is 35.4 Å². The SMILES string of the molecule is CC(C)C(=O)CCC(=O)NCCSSCCNC[C@H](C)N. The number of hydrogen-bond acceptors (Lipinski definition) is 6. The van der Waals surface area contributed by atoms with E-state index in [1.54, 1.807) is 21.6 Å². The van der Waals surface area contributed by atoms with E-state index in [9.17, 15) is 9.59 Å². The number of carbonyl (C=O) groups is 2. The molecule has 0 aliphatic heterocycles. The van der Waals surface area contributed by atoms with Gasteiger partial charge in [0.1, 0.15) is 5.78 Å². The van der Waals surface area contributed by atoms with Crippen LogP contribution in [0.2, 0.25) is 0 Å². The molecule has 7 heteroatoms. The van der Waals surface area contributed by atoms with Gasteiger partial charge in [0.25, 0.3) is 0 Å². The summed E-state index contributed by atoms with van der Waals surface area (Å²) in [6.45, 7) is 8.14. The fourth-order valence-corrected chi connectivity index (χ4v) is 3.26. The lowest BCUT2D eigenvalue weighted by molar-refractivity contribution is -0.126. The van der Waals surface area contributed by atoms with Crippen LogP contribution in [0.25, 0.3) is 0 Å². The van der Waals surface area contributed by atoms with E-state index in [4.69, 9.17) is 5.73 Å². The van der Waals surface area contributed by atoms with E-state index in [0.717, 1.165) is 24.6 Å². The minimum atomic E-state index is -0.0341. The van der Waals surface area contributed by atoms with Gasteiger partial charge >= 0.3 is 0 Å². The molecule has 0 aromatic carbocycles. The molecule has 4 N–H and O–H groups in total. The molecule has 0 unspecified atom stereocenters. The predicted molar refractivity (Wildman–Crippen MR) is 93.5 cm³/mol. The van der Waals surface area contributed by atoms with Gasteiger partial charge in [-0.2, -0.15) is 0 Å². The molecule has 0 aliphatic rings. The summed E-state index contributed by atoms with van der Waals surface area (Å²) in [5, 5.41) is 6.11. The van der Waals surface area contributed by atoms with E-state index in [2.05, 4.69) is 10.6 Å². The second kappa shape index (κ2) is 13.4. The minimum absolute atomic E-state index is 0.0145. The lowest BCUT2D eigenvalue weighted by Crippen LogP contribution is -2.32. The molecular formula is C14H29N3O2S2. The number of hydrogen-bond donors (Lipinski definition) is 3. The maximum absolute atomic E-state index is 11.5. The Hall–Kier alpha value is -0.240. The first-order chi connectivity index (χ1) is 9.93. The Bertz CT molecular complexity index is 300. The van der Waals surface area contributed by atoms with Crippen LogP contribution in [0.5, 0.6) is 0 Å². The molecule has 124 valence electrons. The van der Waals surface area contributed by atoms with E-state index >= 15 is 0 Å². The summed E-state index contributed by atoms with van der Waals surface area (Å²) >= 11 is 0. The zero-order valence-electron chi connectivity index (χ0n) is 13.3. The molecule has 1 atom stereocenters. The van der Waals surface area contributed by atoms with Gasteiger partial charge in [0.05, 0.1) is 0 Å². The molecule has 0 saturated carbocycles. The highest BCUT2D eigenvalue weighted by molar-refractivity contribution is 8.76. The third-order valence-corrected chi connectivity index (χ3v) is 5.07. The normalized spacial score (nSPS) is 12.4. The summed E-state index contributed by atoms with van der Waals surface area (Å²) in [4.78, 5) is 22.9. The van der Waals surface area contributed by atoms with Gasteiger partial charge in [-0.05, 0) is 6.92 Å². The Morgan fingerprint density at radius 3 is 2.24 bits per heavy atom. The van der Waals surface area contributed by atoms with Crippen molar-refractivity contribution in [1.29, 1.82) is 0 Å². The van der Waals surface area contributed by atoms with Gasteiger partial charge in [0, 0.05) is 55.9 Å². The number of ketones is 1. The lowest BCUT2D eigenvalue weighted by Gasteiger charge is -2.07. The van der Waals surface area contributed by atoms with E-state index in [-0.39, 0.29) is 23.7 Å². The molecule has 0 bridgehead atoms. The highest BCUT2D eigenvalue weighted by atomic mass is 33.1. The Kier molecular flexibility index (Phi) is 13.3. The van der Waals surface area contributed by atoms with Crippen LogP contribution in [0.1, 0.15) is 33.6 Å². The molecule has 0 rings (SSSR count). The first-order valence-electron chi connectivity index (χ1n) is 7.43. The fraction of sp³-hybridized carbons (Fsp3) is 0.857. The number of nitrogens with one attached hydrogen (secondary N) is 2. The van der Waals surface area contributed by atoms with E-state index in [0.29, 0.717) is 19.4 Å². The van der Waals surface area contributed by atoms with E-state index < -0.39 is 0 Å². The topological polar surface area (TPSA) is 84.2 Å². The third kappa shape index (κ3) is 14.5. The molecule has 0 heterocycles. The first kappa shape index (κ1) is 20.8. The van der Waals surface area contributed by atoms with Crippen molar-refractivity contribution in [2.45, 2.75) is 39.7 Å². The van der Waals surface area contributed by atoms with Gasteiger partial charge in [0.2, 0.25) is 5.91 Å². The molecule has 0 saturated heterocycles. The summed E-state index contributed by atoms with van der Waals surface area (Å²) in [6, 6.07) is 0.195. The van der Waals surface area contributed by atoms with Crippen LogP contribution in [-0.4, -0.2) is 48.9 Å². The predicted octanol–water partition coefficient (Wildman–Crippen LogP) is 1.43. The Morgan fingerprint density at radius 1 is 1.05 bits per heavy atom. The highest BCUT2D eigenvalue weighted by Crippen LogP contribution is 2.19. The second-order valence-electron chi connectivity index (χ2n) is 5.30. The molecular weight excluding hydrogens is 306 g/mol. The number of amides is 1. The summed E-state index contributed by atoms with van der Waals surface area (Å²) in [5.74, 6) is 2.03. The minimum Gasteiger partial charge on any atom is -0.355 e. The maximum atomic E-state index is 11.5. The summed E-state index contributed by atoms with van der Waals surface area (Å²) < 4.78 is 0. The summed E-state index contributed by atoms with van der Waals surface area (Å²) in [6.07, 6.45) is 0.645. The number of nitrogens with two attached hydrogens (primary N) is 1. The molecule has 0 aromatic rings. The van der Waals surface area contributed by atoms with Crippen LogP contribution < -0.4 is 16.4 Å². The van der Waals surface area contributed by atoms with Crippen LogP contribution in [0, 0.1) is 5.92 Å². The van der Waals surface area contributed by atoms with Gasteiger partial charge in [0.15, 0.2) is 0 Å². The van der Waals surface area contributed by atoms with Crippen LogP contribution >= 0.6 is 21.6 Å². The number of carbonyl (C=O) groups excluding carboxylic acids is 2. The second-order valence-corrected chi connectivity index (χ2v) is 8.00. The van der Waals surface area contributed by atoms with Gasteiger partial charge in [-0.3, -0.25) is 9.59 Å². The zero-order chi connectivity index (χ0) is 16.1. The molecule has 21 heavy (non-hydrogen) atoms. The molecule has 1 amide bonds. The standard InChI is InChI=1S/C14H29N3O2S2/c1-11(2)13(18)4-5-14(19)17-7-9-21-20-8-6-16-10-12(3)15/h11-12,16H,4-10,15H2,1-3H3,(H,17,19)/t12-/m0/s1. The molecule has 0 spiro atoms. The molecule has 5 nitrogen and oxygen atoms in total. The molecule has 0 aromatic heterocycles. The van der Waals surface area contributed by atoms with Crippen molar-refractivity contribution < 1.29 is 9.59 Å². The smallest absolute Gasteiger partial charge is 0.220 e. The largest absolute Gasteiger partial charge is 0.355 e. The fourth-order valence-electron chi connectivity index (χ4n) is 1.41. The molecule has 0 aliphatic carbocycles. The van der Waals surface area contributed by atoms with Crippen LogP contribution in [0.3, 0.4) is 0 Å². The summed E-state index contributed by atoms with van der Waals surface area (Å²) in [7, 11) is 3.53. The van der Waals surface area contributed by atoms with Crippen molar-refractivity contribution in [3.8, 4) is 0 Å². The van der Waals surface area contributed by atoms with E-state index in [1.807, 2.05) is 20.8 Å².